The number of thiophene rings is 1. The highest BCUT2D eigenvalue weighted by Gasteiger charge is 2.24. The number of hydrazine groups is 1. The number of rotatable bonds is 4. The van der Waals surface area contributed by atoms with E-state index in [0.717, 1.165) is 59.6 Å². The predicted octanol–water partition coefficient (Wildman–Crippen LogP) is 3.94. The number of aromatic nitrogens is 2. The highest BCUT2D eigenvalue weighted by molar-refractivity contribution is 8.00. The highest BCUT2D eigenvalue weighted by Crippen LogP contribution is 2.40. The van der Waals surface area contributed by atoms with Crippen LogP contribution in [0.1, 0.15) is 61.7 Å². The molecular formula is C21H28N4O2S2. The Bertz CT molecular complexity index is 921. The summed E-state index contributed by atoms with van der Waals surface area (Å²) in [4.78, 5) is 36.2. The number of fused-ring (bicyclic) bond motifs is 3. The van der Waals surface area contributed by atoms with E-state index in [1.54, 1.807) is 11.3 Å². The summed E-state index contributed by atoms with van der Waals surface area (Å²) in [6, 6.07) is 0. The number of carbonyl (C=O) groups excluding carboxylic acids is 2. The van der Waals surface area contributed by atoms with Gasteiger partial charge in [-0.3, -0.25) is 20.4 Å². The molecule has 0 spiro atoms. The van der Waals surface area contributed by atoms with Crippen molar-refractivity contribution in [3.8, 4) is 0 Å². The van der Waals surface area contributed by atoms with Crippen LogP contribution >= 0.6 is 23.1 Å². The standard InChI is InChI=1S/C21H28N4O2S2/c1-12-8-9-15-16(10-12)29-21-18(15)20(22-13(2)23-21)28-11-17(26)24-25-19(27)14-6-4-3-5-7-14/h12,14H,3-11H2,1-2H3,(H,24,26)(H,25,27)/t12-/m0/s1. The first-order chi connectivity index (χ1) is 14.0. The summed E-state index contributed by atoms with van der Waals surface area (Å²) in [6.07, 6.45) is 8.55. The molecule has 0 unspecified atom stereocenters. The van der Waals surface area contributed by atoms with E-state index in [4.69, 9.17) is 0 Å². The van der Waals surface area contributed by atoms with Gasteiger partial charge in [0.1, 0.15) is 15.7 Å². The Labute approximate surface area is 179 Å². The second-order valence-corrected chi connectivity index (χ2v) is 10.3. The fraction of sp³-hybridized carbons (Fsp3) is 0.619. The first-order valence-electron chi connectivity index (χ1n) is 10.5. The van der Waals surface area contributed by atoms with Crippen LogP contribution in [0, 0.1) is 18.8 Å². The Morgan fingerprint density at radius 3 is 2.72 bits per heavy atom. The molecule has 1 atom stereocenters. The molecule has 8 heteroatoms. The van der Waals surface area contributed by atoms with E-state index in [1.807, 2.05) is 6.92 Å². The topological polar surface area (TPSA) is 84.0 Å². The van der Waals surface area contributed by atoms with E-state index in [-0.39, 0.29) is 23.5 Å². The Balaban J connectivity index is 1.40. The van der Waals surface area contributed by atoms with Crippen molar-refractivity contribution in [3.63, 3.8) is 0 Å². The molecule has 2 aliphatic carbocycles. The molecule has 1 saturated carbocycles. The maximum absolute atomic E-state index is 12.3. The fourth-order valence-electron chi connectivity index (χ4n) is 4.28. The first-order valence-corrected chi connectivity index (χ1v) is 12.3. The molecule has 2 N–H and O–H groups in total. The lowest BCUT2D eigenvalue weighted by Crippen LogP contribution is -2.45. The molecular weight excluding hydrogens is 404 g/mol. The third kappa shape index (κ3) is 4.74. The molecule has 0 bridgehead atoms. The van der Waals surface area contributed by atoms with Crippen LogP contribution < -0.4 is 10.9 Å². The summed E-state index contributed by atoms with van der Waals surface area (Å²) < 4.78 is 0. The number of nitrogens with zero attached hydrogens (tertiary/aromatic N) is 2. The molecule has 1 fully saturated rings. The number of aryl methyl sites for hydroxylation is 2. The maximum atomic E-state index is 12.3. The van der Waals surface area contributed by atoms with Gasteiger partial charge in [-0.25, -0.2) is 9.97 Å². The lowest BCUT2D eigenvalue weighted by molar-refractivity contribution is -0.131. The smallest absolute Gasteiger partial charge is 0.248 e. The van der Waals surface area contributed by atoms with Gasteiger partial charge in [0.25, 0.3) is 0 Å². The summed E-state index contributed by atoms with van der Waals surface area (Å²) in [5, 5.41) is 2.01. The molecule has 2 aromatic rings. The van der Waals surface area contributed by atoms with Crippen LogP contribution in [0.15, 0.2) is 5.03 Å². The summed E-state index contributed by atoms with van der Waals surface area (Å²) in [6.45, 7) is 4.20. The second kappa shape index (κ2) is 9.00. The van der Waals surface area contributed by atoms with Gasteiger partial charge in [0.2, 0.25) is 11.8 Å². The van der Waals surface area contributed by atoms with Crippen LogP contribution in [-0.4, -0.2) is 27.5 Å². The van der Waals surface area contributed by atoms with Gasteiger partial charge in [-0.15, -0.1) is 11.3 Å². The van der Waals surface area contributed by atoms with Gasteiger partial charge >= 0.3 is 0 Å². The number of hydrogen-bond acceptors (Lipinski definition) is 6. The summed E-state index contributed by atoms with van der Waals surface area (Å²) in [5.74, 6) is 1.42. The number of amides is 2. The van der Waals surface area contributed by atoms with Crippen molar-refractivity contribution in [1.29, 1.82) is 0 Å². The SMILES string of the molecule is Cc1nc(SCC(=O)NNC(=O)C2CCCCC2)c2c3c(sc2n1)C[C@@H](C)CC3. The molecule has 0 aromatic carbocycles. The minimum absolute atomic E-state index is 0.0283. The number of nitrogens with one attached hydrogen (secondary N) is 2. The molecule has 0 saturated heterocycles. The Morgan fingerprint density at radius 2 is 1.93 bits per heavy atom. The monoisotopic (exact) mass is 432 g/mol. The van der Waals surface area contributed by atoms with Crippen LogP contribution in [-0.2, 0) is 22.4 Å². The van der Waals surface area contributed by atoms with Crippen molar-refractivity contribution in [2.24, 2.45) is 11.8 Å². The van der Waals surface area contributed by atoms with Gasteiger partial charge in [0.15, 0.2) is 0 Å². The van der Waals surface area contributed by atoms with Gasteiger partial charge in [-0.2, -0.15) is 0 Å². The van der Waals surface area contributed by atoms with Crippen LogP contribution in [0.5, 0.6) is 0 Å². The van der Waals surface area contributed by atoms with E-state index in [1.165, 1.54) is 35.0 Å². The second-order valence-electron chi connectivity index (χ2n) is 8.27. The van der Waals surface area contributed by atoms with Crippen LogP contribution in [0.4, 0.5) is 0 Å². The fourth-order valence-corrected chi connectivity index (χ4v) is 6.68. The zero-order valence-electron chi connectivity index (χ0n) is 17.0. The molecule has 29 heavy (non-hydrogen) atoms. The average Bonchev–Trinajstić information content (AvgIpc) is 3.07. The van der Waals surface area contributed by atoms with E-state index < -0.39 is 0 Å². The van der Waals surface area contributed by atoms with E-state index in [0.29, 0.717) is 5.92 Å². The zero-order chi connectivity index (χ0) is 20.4. The van der Waals surface area contributed by atoms with Gasteiger partial charge in [-0.05, 0) is 50.5 Å². The third-order valence-electron chi connectivity index (χ3n) is 5.87. The lowest BCUT2D eigenvalue weighted by atomic mass is 9.89. The van der Waals surface area contributed by atoms with Crippen molar-refractivity contribution >= 4 is 45.1 Å². The van der Waals surface area contributed by atoms with E-state index in [2.05, 4.69) is 27.7 Å². The Hall–Kier alpha value is -1.67. The van der Waals surface area contributed by atoms with E-state index >= 15 is 0 Å². The molecule has 0 aliphatic heterocycles. The van der Waals surface area contributed by atoms with Crippen molar-refractivity contribution < 1.29 is 9.59 Å². The van der Waals surface area contributed by atoms with Crippen LogP contribution in [0.3, 0.4) is 0 Å². The van der Waals surface area contributed by atoms with Crippen molar-refractivity contribution in [2.75, 3.05) is 5.75 Å². The van der Waals surface area contributed by atoms with Crippen molar-refractivity contribution in [2.45, 2.75) is 70.2 Å². The minimum Gasteiger partial charge on any atom is -0.273 e. The minimum atomic E-state index is -0.207. The lowest BCUT2D eigenvalue weighted by Gasteiger charge is -2.20. The quantitative estimate of drug-likeness (QED) is 0.434. The average molecular weight is 433 g/mol. The third-order valence-corrected chi connectivity index (χ3v) is 8.00. The van der Waals surface area contributed by atoms with Crippen molar-refractivity contribution in [3.05, 3.63) is 16.3 Å². The highest BCUT2D eigenvalue weighted by atomic mass is 32.2. The van der Waals surface area contributed by atoms with Gasteiger partial charge in [-0.1, -0.05) is 37.9 Å². The Kier molecular flexibility index (Phi) is 6.39. The molecule has 0 radical (unpaired) electrons. The number of carbonyl (C=O) groups is 2. The molecule has 156 valence electrons. The summed E-state index contributed by atoms with van der Waals surface area (Å²) >= 11 is 3.20. The molecule has 2 aliphatic rings. The van der Waals surface area contributed by atoms with Crippen LogP contribution in [0.2, 0.25) is 0 Å². The van der Waals surface area contributed by atoms with Crippen molar-refractivity contribution in [1.82, 2.24) is 20.8 Å². The number of hydrogen-bond donors (Lipinski definition) is 2. The van der Waals surface area contributed by atoms with Gasteiger partial charge < -0.3 is 0 Å². The van der Waals surface area contributed by atoms with Gasteiger partial charge in [0, 0.05) is 16.2 Å². The van der Waals surface area contributed by atoms with Crippen LogP contribution in [0.25, 0.3) is 10.2 Å². The molecule has 2 amide bonds. The number of thioether (sulfide) groups is 1. The molecule has 4 rings (SSSR count). The molecule has 2 heterocycles. The predicted molar refractivity (Wildman–Crippen MR) is 117 cm³/mol. The largest absolute Gasteiger partial charge is 0.273 e. The maximum Gasteiger partial charge on any atom is 0.248 e. The molecule has 2 aromatic heterocycles. The summed E-state index contributed by atoms with van der Waals surface area (Å²) in [5.41, 5.74) is 6.55. The molecule has 6 nitrogen and oxygen atoms in total. The zero-order valence-corrected chi connectivity index (χ0v) is 18.7. The first kappa shape index (κ1) is 20.6. The normalized spacial score (nSPS) is 19.7. The van der Waals surface area contributed by atoms with E-state index in [9.17, 15) is 9.59 Å². The summed E-state index contributed by atoms with van der Waals surface area (Å²) in [7, 11) is 0. The Morgan fingerprint density at radius 1 is 1.14 bits per heavy atom. The van der Waals surface area contributed by atoms with Gasteiger partial charge in [0.05, 0.1) is 5.75 Å².